The summed E-state index contributed by atoms with van der Waals surface area (Å²) < 4.78 is 24.6. The molecule has 40 heavy (non-hydrogen) atoms. The van der Waals surface area contributed by atoms with E-state index in [4.69, 9.17) is 0 Å². The van der Waals surface area contributed by atoms with Gasteiger partial charge in [-0.25, -0.2) is 13.4 Å². The first-order valence-electron chi connectivity index (χ1n) is 12.9. The summed E-state index contributed by atoms with van der Waals surface area (Å²) in [5.74, 6) is 0.122. The lowest BCUT2D eigenvalue weighted by Crippen LogP contribution is -2.21. The maximum atomic E-state index is 11.3. The van der Waals surface area contributed by atoms with Gasteiger partial charge >= 0.3 is 0 Å². The maximum Gasteiger partial charge on any atom is 0.148 e. The van der Waals surface area contributed by atoms with Crippen LogP contribution < -0.4 is 10.6 Å². The molecule has 3 aromatic carbocycles. The van der Waals surface area contributed by atoms with E-state index >= 15 is 0 Å². The first kappa shape index (κ1) is 26.1. The van der Waals surface area contributed by atoms with E-state index in [0.717, 1.165) is 55.2 Å². The van der Waals surface area contributed by atoms with Crippen LogP contribution in [0, 0.1) is 0 Å². The molecule has 0 spiro atoms. The third-order valence-electron chi connectivity index (χ3n) is 6.59. The van der Waals surface area contributed by atoms with Crippen LogP contribution in [0.3, 0.4) is 0 Å². The number of rotatable bonds is 10. The van der Waals surface area contributed by atoms with Crippen LogP contribution in [0.1, 0.15) is 10.4 Å². The molecule has 10 heteroatoms. The minimum atomic E-state index is -2.97. The molecule has 2 N–H and O–H groups in total. The van der Waals surface area contributed by atoms with Crippen LogP contribution in [0.15, 0.2) is 91.4 Å². The van der Waals surface area contributed by atoms with Gasteiger partial charge in [0, 0.05) is 64.3 Å². The monoisotopic (exact) mass is 568 g/mol. The van der Waals surface area contributed by atoms with Crippen LogP contribution >= 0.6 is 11.3 Å². The van der Waals surface area contributed by atoms with Gasteiger partial charge in [-0.1, -0.05) is 42.5 Å². The molecule has 0 radical (unpaired) electrons. The lowest BCUT2D eigenvalue weighted by Gasteiger charge is -2.11. The van der Waals surface area contributed by atoms with Crippen LogP contribution in [0.5, 0.6) is 0 Å². The summed E-state index contributed by atoms with van der Waals surface area (Å²) in [4.78, 5) is 10.2. The second-order valence-corrected chi connectivity index (χ2v) is 13.1. The Bertz CT molecular complexity index is 1900. The van der Waals surface area contributed by atoms with Gasteiger partial charge in [0.2, 0.25) is 0 Å². The average Bonchev–Trinajstić information content (AvgIpc) is 3.58. The average molecular weight is 569 g/mol. The normalized spacial score (nSPS) is 11.8. The quantitative estimate of drug-likeness (QED) is 0.206. The first-order valence-corrected chi connectivity index (χ1v) is 15.8. The standard InChI is InChI=1S/C30H28N6O2S2/c1-40(37,38)14-13-31-18-25-19-33-30(39-25)22-7-9-26-27(11-12-32-28(26)16-22)35-24-8-10-29-23(15-24)17-34-36(29)20-21-5-3-2-4-6-21/h2-12,15-17,19,31H,13-14,18,20H2,1H3,(H,32,35). The number of thiazole rings is 1. The third kappa shape index (κ3) is 6.04. The van der Waals surface area contributed by atoms with Crippen molar-refractivity contribution in [3.8, 4) is 10.6 Å². The Morgan fingerprint density at radius 1 is 0.950 bits per heavy atom. The van der Waals surface area contributed by atoms with Crippen molar-refractivity contribution < 1.29 is 8.42 Å². The molecule has 3 aromatic heterocycles. The van der Waals surface area contributed by atoms with Crippen molar-refractivity contribution in [1.29, 1.82) is 0 Å². The fourth-order valence-electron chi connectivity index (χ4n) is 4.58. The molecule has 3 heterocycles. The molecular weight excluding hydrogens is 541 g/mol. The molecule has 0 saturated carbocycles. The van der Waals surface area contributed by atoms with Crippen molar-refractivity contribution in [2.75, 3.05) is 23.9 Å². The van der Waals surface area contributed by atoms with Gasteiger partial charge in [-0.2, -0.15) is 5.10 Å². The highest BCUT2D eigenvalue weighted by molar-refractivity contribution is 7.90. The molecule has 0 saturated heterocycles. The molecule has 6 aromatic rings. The van der Waals surface area contributed by atoms with Gasteiger partial charge in [0.15, 0.2) is 0 Å². The fourth-order valence-corrected chi connectivity index (χ4v) is 5.98. The zero-order chi connectivity index (χ0) is 27.5. The highest BCUT2D eigenvalue weighted by Crippen LogP contribution is 2.32. The number of fused-ring (bicyclic) bond motifs is 2. The van der Waals surface area contributed by atoms with Gasteiger partial charge in [-0.3, -0.25) is 9.67 Å². The van der Waals surface area contributed by atoms with E-state index in [1.165, 1.54) is 11.8 Å². The molecule has 0 unspecified atom stereocenters. The van der Waals surface area contributed by atoms with Crippen LogP contribution in [0.25, 0.3) is 32.4 Å². The number of aromatic nitrogens is 4. The Morgan fingerprint density at radius 3 is 2.67 bits per heavy atom. The Morgan fingerprint density at radius 2 is 1.82 bits per heavy atom. The Hall–Kier alpha value is -4.12. The summed E-state index contributed by atoms with van der Waals surface area (Å²) in [5, 5.41) is 14.3. The van der Waals surface area contributed by atoms with Crippen molar-refractivity contribution in [2.45, 2.75) is 13.1 Å². The number of hydrogen-bond acceptors (Lipinski definition) is 8. The minimum absolute atomic E-state index is 0.122. The minimum Gasteiger partial charge on any atom is -0.355 e. The summed E-state index contributed by atoms with van der Waals surface area (Å²) in [7, 11) is -2.97. The van der Waals surface area contributed by atoms with Gasteiger partial charge in [-0.05, 0) is 35.9 Å². The summed E-state index contributed by atoms with van der Waals surface area (Å²) >= 11 is 1.59. The topological polar surface area (TPSA) is 102 Å². The Labute approximate surface area is 236 Å². The molecule has 6 rings (SSSR count). The molecule has 0 bridgehead atoms. The molecule has 0 aliphatic heterocycles. The largest absolute Gasteiger partial charge is 0.355 e. The lowest BCUT2D eigenvalue weighted by molar-refractivity contribution is 0.596. The van der Waals surface area contributed by atoms with E-state index in [9.17, 15) is 8.42 Å². The molecule has 0 aliphatic rings. The summed E-state index contributed by atoms with van der Waals surface area (Å²) in [6, 6.07) is 24.8. The number of nitrogens with one attached hydrogen (secondary N) is 2. The molecule has 8 nitrogen and oxygen atoms in total. The van der Waals surface area contributed by atoms with Crippen LogP contribution in [0.4, 0.5) is 11.4 Å². The number of sulfone groups is 1. The van der Waals surface area contributed by atoms with E-state index in [2.05, 4.69) is 74.2 Å². The van der Waals surface area contributed by atoms with Crippen molar-refractivity contribution in [3.63, 3.8) is 0 Å². The van der Waals surface area contributed by atoms with Gasteiger partial charge in [0.25, 0.3) is 0 Å². The smallest absolute Gasteiger partial charge is 0.148 e. The first-order chi connectivity index (χ1) is 19.4. The number of pyridine rings is 1. The van der Waals surface area contributed by atoms with Gasteiger partial charge < -0.3 is 10.6 Å². The SMILES string of the molecule is CS(=O)(=O)CCNCc1cnc(-c2ccc3c(Nc4ccc5c(cnn5Cc5ccccc5)c4)ccnc3c2)s1. The molecule has 0 atom stereocenters. The highest BCUT2D eigenvalue weighted by Gasteiger charge is 2.10. The van der Waals surface area contributed by atoms with E-state index in [-0.39, 0.29) is 5.75 Å². The number of anilines is 2. The van der Waals surface area contributed by atoms with Gasteiger partial charge in [-0.15, -0.1) is 11.3 Å². The summed E-state index contributed by atoms with van der Waals surface area (Å²) in [6.07, 6.45) is 6.80. The maximum absolute atomic E-state index is 11.3. The fraction of sp³-hybridized carbons (Fsp3) is 0.167. The molecule has 0 amide bonds. The predicted octanol–water partition coefficient (Wildman–Crippen LogP) is 5.63. The summed E-state index contributed by atoms with van der Waals surface area (Å²) in [6.45, 7) is 1.74. The van der Waals surface area contributed by atoms with E-state index < -0.39 is 9.84 Å². The third-order valence-corrected chi connectivity index (χ3v) is 8.58. The van der Waals surface area contributed by atoms with Crippen LogP contribution in [-0.4, -0.2) is 46.7 Å². The second-order valence-electron chi connectivity index (χ2n) is 9.72. The van der Waals surface area contributed by atoms with Gasteiger partial charge in [0.05, 0.1) is 29.5 Å². The van der Waals surface area contributed by atoms with E-state index in [1.54, 1.807) is 11.3 Å². The van der Waals surface area contributed by atoms with Crippen molar-refractivity contribution in [1.82, 2.24) is 25.1 Å². The number of benzene rings is 3. The van der Waals surface area contributed by atoms with E-state index in [0.29, 0.717) is 13.1 Å². The van der Waals surface area contributed by atoms with Crippen LogP contribution in [0.2, 0.25) is 0 Å². The summed E-state index contributed by atoms with van der Waals surface area (Å²) in [5.41, 5.74) is 6.14. The van der Waals surface area contributed by atoms with Crippen LogP contribution in [-0.2, 0) is 22.9 Å². The zero-order valence-corrected chi connectivity index (χ0v) is 23.5. The van der Waals surface area contributed by atoms with Crippen molar-refractivity contribution in [2.24, 2.45) is 0 Å². The van der Waals surface area contributed by atoms with Gasteiger partial charge in [0.1, 0.15) is 14.8 Å². The Kier molecular flexibility index (Phi) is 7.29. The highest BCUT2D eigenvalue weighted by atomic mass is 32.2. The molecule has 202 valence electrons. The zero-order valence-electron chi connectivity index (χ0n) is 21.9. The number of hydrogen-bond donors (Lipinski definition) is 2. The predicted molar refractivity (Wildman–Crippen MR) is 163 cm³/mol. The molecule has 0 fully saturated rings. The molecular formula is C30H28N6O2S2. The molecule has 0 aliphatic carbocycles. The van der Waals surface area contributed by atoms with Crippen molar-refractivity contribution in [3.05, 3.63) is 102 Å². The van der Waals surface area contributed by atoms with E-state index in [1.807, 2.05) is 47.5 Å². The lowest BCUT2D eigenvalue weighted by atomic mass is 10.1. The second kappa shape index (κ2) is 11.2. The Balaban J connectivity index is 1.17. The van der Waals surface area contributed by atoms with Crippen molar-refractivity contribution >= 4 is 54.4 Å². The number of nitrogens with zero attached hydrogens (tertiary/aromatic N) is 4.